The van der Waals surface area contributed by atoms with Gasteiger partial charge in [0.05, 0.1) is 4.90 Å². The standard InChI is InChI=1S/C17H24N4O2S2.HI/c1-13(9-15-6-4-8-24-15)11-20-17(19-2)21-12-14-5-3-7-16(10-14)25(18,22)23;/h3-8,10,13H,9,11-12H2,1-2H3,(H2,18,22,23)(H2,19,20,21);1H. The third-order valence-corrected chi connectivity index (χ3v) is 5.47. The molecule has 0 spiro atoms. The zero-order chi connectivity index (χ0) is 18.3. The fourth-order valence-electron chi connectivity index (χ4n) is 2.35. The molecule has 0 aliphatic carbocycles. The Hall–Kier alpha value is -1.17. The lowest BCUT2D eigenvalue weighted by molar-refractivity contribution is 0.562. The molecule has 0 fully saturated rings. The third-order valence-electron chi connectivity index (χ3n) is 3.66. The topological polar surface area (TPSA) is 96.6 Å². The van der Waals surface area contributed by atoms with Crippen LogP contribution in [0, 0.1) is 5.92 Å². The summed E-state index contributed by atoms with van der Waals surface area (Å²) in [7, 11) is -1.98. The number of nitrogens with zero attached hydrogens (tertiary/aromatic N) is 1. The van der Waals surface area contributed by atoms with Gasteiger partial charge in [-0.2, -0.15) is 0 Å². The fraction of sp³-hybridized carbons (Fsp3) is 0.353. The predicted octanol–water partition coefficient (Wildman–Crippen LogP) is 2.56. The maximum Gasteiger partial charge on any atom is 0.238 e. The van der Waals surface area contributed by atoms with Crippen LogP contribution in [0.25, 0.3) is 0 Å². The number of hydrogen-bond donors (Lipinski definition) is 3. The molecule has 9 heteroatoms. The van der Waals surface area contributed by atoms with Gasteiger partial charge in [0.15, 0.2) is 5.96 Å². The third kappa shape index (κ3) is 7.60. The number of thiophene rings is 1. The summed E-state index contributed by atoms with van der Waals surface area (Å²) >= 11 is 1.77. The highest BCUT2D eigenvalue weighted by molar-refractivity contribution is 14.0. The summed E-state index contributed by atoms with van der Waals surface area (Å²) < 4.78 is 22.8. The van der Waals surface area contributed by atoms with Crippen molar-refractivity contribution in [3.8, 4) is 0 Å². The van der Waals surface area contributed by atoms with E-state index >= 15 is 0 Å². The molecule has 1 aromatic carbocycles. The molecule has 1 unspecified atom stereocenters. The second-order valence-electron chi connectivity index (χ2n) is 5.89. The Bertz CT molecular complexity index is 808. The number of rotatable bonds is 7. The van der Waals surface area contributed by atoms with Gasteiger partial charge in [0.2, 0.25) is 10.0 Å². The molecular formula is C17H25IN4O2S2. The van der Waals surface area contributed by atoms with Crippen LogP contribution in [0.3, 0.4) is 0 Å². The van der Waals surface area contributed by atoms with E-state index in [2.05, 4.69) is 40.1 Å². The molecule has 0 bridgehead atoms. The highest BCUT2D eigenvalue weighted by atomic mass is 127. The largest absolute Gasteiger partial charge is 0.356 e. The maximum atomic E-state index is 11.4. The Morgan fingerprint density at radius 3 is 2.65 bits per heavy atom. The van der Waals surface area contributed by atoms with Gasteiger partial charge in [-0.05, 0) is 41.5 Å². The molecule has 2 rings (SSSR count). The van der Waals surface area contributed by atoms with Crippen molar-refractivity contribution in [2.24, 2.45) is 16.0 Å². The van der Waals surface area contributed by atoms with Crippen LogP contribution in [0.4, 0.5) is 0 Å². The number of sulfonamides is 1. The number of hydrogen-bond acceptors (Lipinski definition) is 4. The molecule has 1 atom stereocenters. The number of nitrogens with two attached hydrogens (primary N) is 1. The highest BCUT2D eigenvalue weighted by Gasteiger charge is 2.09. The van der Waals surface area contributed by atoms with Gasteiger partial charge in [-0.15, -0.1) is 35.3 Å². The number of aliphatic imine (C=N–C) groups is 1. The molecule has 0 saturated carbocycles. The maximum absolute atomic E-state index is 11.4. The second kappa shape index (κ2) is 10.9. The average molecular weight is 508 g/mol. The molecule has 0 amide bonds. The summed E-state index contributed by atoms with van der Waals surface area (Å²) in [5, 5.41) is 13.7. The number of benzene rings is 1. The SMILES string of the molecule is CN=C(NCc1cccc(S(N)(=O)=O)c1)NCC(C)Cc1cccs1.I. The minimum atomic E-state index is -3.69. The monoisotopic (exact) mass is 508 g/mol. The first-order valence-electron chi connectivity index (χ1n) is 7.97. The van der Waals surface area contributed by atoms with E-state index < -0.39 is 10.0 Å². The van der Waals surface area contributed by atoms with Crippen molar-refractivity contribution in [1.82, 2.24) is 10.6 Å². The summed E-state index contributed by atoms with van der Waals surface area (Å²) in [4.78, 5) is 5.68. The summed E-state index contributed by atoms with van der Waals surface area (Å²) in [6, 6.07) is 10.8. The Morgan fingerprint density at radius 1 is 1.27 bits per heavy atom. The van der Waals surface area contributed by atoms with E-state index in [1.54, 1.807) is 30.5 Å². The lowest BCUT2D eigenvalue weighted by atomic mass is 10.1. The van der Waals surface area contributed by atoms with Crippen molar-refractivity contribution in [1.29, 1.82) is 0 Å². The van der Waals surface area contributed by atoms with E-state index in [0.29, 0.717) is 18.4 Å². The van der Waals surface area contributed by atoms with Crippen LogP contribution in [0.1, 0.15) is 17.4 Å². The van der Waals surface area contributed by atoms with Gasteiger partial charge in [0.1, 0.15) is 0 Å². The Balaban J connectivity index is 0.00000338. The molecule has 6 nitrogen and oxygen atoms in total. The van der Waals surface area contributed by atoms with Gasteiger partial charge < -0.3 is 10.6 Å². The summed E-state index contributed by atoms with van der Waals surface area (Å²) in [5.41, 5.74) is 0.820. The number of halogens is 1. The molecule has 144 valence electrons. The first-order chi connectivity index (χ1) is 11.9. The summed E-state index contributed by atoms with van der Waals surface area (Å²) in [5.74, 6) is 1.15. The molecule has 0 radical (unpaired) electrons. The highest BCUT2D eigenvalue weighted by Crippen LogP contribution is 2.13. The van der Waals surface area contributed by atoms with Gasteiger partial charge in [0, 0.05) is 25.0 Å². The van der Waals surface area contributed by atoms with Gasteiger partial charge in [-0.25, -0.2) is 13.6 Å². The Labute approximate surface area is 176 Å². The normalized spacial score (nSPS) is 13.0. The Morgan fingerprint density at radius 2 is 2.04 bits per heavy atom. The second-order valence-corrected chi connectivity index (χ2v) is 8.48. The van der Waals surface area contributed by atoms with Gasteiger partial charge in [-0.1, -0.05) is 25.1 Å². The molecule has 4 N–H and O–H groups in total. The Kier molecular flexibility index (Phi) is 9.55. The fourth-order valence-corrected chi connectivity index (χ4v) is 3.81. The van der Waals surface area contributed by atoms with E-state index in [9.17, 15) is 8.42 Å². The van der Waals surface area contributed by atoms with Crippen LogP contribution in [-0.2, 0) is 23.0 Å². The van der Waals surface area contributed by atoms with E-state index in [4.69, 9.17) is 5.14 Å². The predicted molar refractivity (Wildman–Crippen MR) is 119 cm³/mol. The van der Waals surface area contributed by atoms with Crippen LogP contribution >= 0.6 is 35.3 Å². The quantitative estimate of drug-likeness (QED) is 0.304. The molecular weight excluding hydrogens is 483 g/mol. The lowest BCUT2D eigenvalue weighted by Gasteiger charge is -2.16. The number of primary sulfonamides is 1. The molecule has 26 heavy (non-hydrogen) atoms. The lowest BCUT2D eigenvalue weighted by Crippen LogP contribution is -2.39. The van der Waals surface area contributed by atoms with Crippen molar-refractivity contribution >= 4 is 51.3 Å². The average Bonchev–Trinajstić information content (AvgIpc) is 3.07. The molecule has 0 aliphatic heterocycles. The van der Waals surface area contributed by atoms with Crippen LogP contribution < -0.4 is 15.8 Å². The van der Waals surface area contributed by atoms with E-state index in [0.717, 1.165) is 18.5 Å². The molecule has 2 aromatic rings. The summed E-state index contributed by atoms with van der Waals surface area (Å²) in [6.45, 7) is 3.45. The zero-order valence-corrected chi connectivity index (χ0v) is 18.8. The van der Waals surface area contributed by atoms with Gasteiger partial charge in [-0.3, -0.25) is 4.99 Å². The molecule has 0 aliphatic rings. The number of guanidine groups is 1. The first kappa shape index (κ1) is 22.9. The van der Waals surface area contributed by atoms with E-state index in [1.165, 1.54) is 10.9 Å². The van der Waals surface area contributed by atoms with Crippen molar-refractivity contribution in [3.05, 3.63) is 52.2 Å². The molecule has 1 aromatic heterocycles. The van der Waals surface area contributed by atoms with E-state index in [-0.39, 0.29) is 28.9 Å². The minimum Gasteiger partial charge on any atom is -0.356 e. The molecule has 1 heterocycles. The first-order valence-corrected chi connectivity index (χ1v) is 10.4. The van der Waals surface area contributed by atoms with Crippen LogP contribution in [0.2, 0.25) is 0 Å². The van der Waals surface area contributed by atoms with E-state index in [1.807, 2.05) is 6.07 Å². The van der Waals surface area contributed by atoms with Crippen molar-refractivity contribution in [3.63, 3.8) is 0 Å². The zero-order valence-electron chi connectivity index (χ0n) is 14.8. The van der Waals surface area contributed by atoms with Crippen molar-refractivity contribution in [2.75, 3.05) is 13.6 Å². The van der Waals surface area contributed by atoms with Crippen molar-refractivity contribution in [2.45, 2.75) is 24.8 Å². The van der Waals surface area contributed by atoms with Crippen LogP contribution in [0.15, 0.2) is 51.7 Å². The smallest absolute Gasteiger partial charge is 0.238 e. The summed E-state index contributed by atoms with van der Waals surface area (Å²) in [6.07, 6.45) is 1.03. The van der Waals surface area contributed by atoms with Crippen molar-refractivity contribution < 1.29 is 8.42 Å². The molecule has 0 saturated heterocycles. The minimum absolute atomic E-state index is 0. The number of nitrogens with one attached hydrogen (secondary N) is 2. The van der Waals surface area contributed by atoms with Gasteiger partial charge >= 0.3 is 0 Å². The van der Waals surface area contributed by atoms with Crippen LogP contribution in [0.5, 0.6) is 0 Å². The van der Waals surface area contributed by atoms with Gasteiger partial charge in [0.25, 0.3) is 0 Å². The van der Waals surface area contributed by atoms with Crippen LogP contribution in [-0.4, -0.2) is 28.0 Å².